The average molecular weight is 255 g/mol. The number of aromatic amines is 1. The van der Waals surface area contributed by atoms with Crippen molar-refractivity contribution >= 4 is 0 Å². The second-order valence-corrected chi connectivity index (χ2v) is 3.67. The van der Waals surface area contributed by atoms with E-state index in [9.17, 15) is 23.1 Å². The summed E-state index contributed by atoms with van der Waals surface area (Å²) in [4.78, 5) is 13.2. The number of halogens is 3. The van der Waals surface area contributed by atoms with Crippen LogP contribution in [-0.2, 0) is 6.18 Å². The monoisotopic (exact) mass is 255 g/mol. The van der Waals surface area contributed by atoms with E-state index in [2.05, 4.69) is 4.98 Å². The van der Waals surface area contributed by atoms with Crippen LogP contribution in [0.2, 0.25) is 0 Å². The molecule has 3 nitrogen and oxygen atoms in total. The molecule has 0 atom stereocenters. The Bertz CT molecular complexity index is 611. The van der Waals surface area contributed by atoms with Crippen molar-refractivity contribution < 1.29 is 18.3 Å². The molecule has 94 valence electrons. The number of hydrogen-bond acceptors (Lipinski definition) is 2. The minimum absolute atomic E-state index is 0.261. The number of pyridine rings is 1. The topological polar surface area (TPSA) is 53.1 Å². The van der Waals surface area contributed by atoms with Crippen molar-refractivity contribution in [1.29, 1.82) is 0 Å². The molecule has 18 heavy (non-hydrogen) atoms. The summed E-state index contributed by atoms with van der Waals surface area (Å²) in [5.41, 5.74) is -0.753. The summed E-state index contributed by atoms with van der Waals surface area (Å²) in [6.45, 7) is 0. The van der Waals surface area contributed by atoms with E-state index in [0.717, 1.165) is 12.1 Å². The summed E-state index contributed by atoms with van der Waals surface area (Å²) < 4.78 is 37.8. The van der Waals surface area contributed by atoms with Gasteiger partial charge in [-0.15, -0.1) is 0 Å². The third-order valence-electron chi connectivity index (χ3n) is 2.42. The summed E-state index contributed by atoms with van der Waals surface area (Å²) in [6, 6.07) is 5.78. The molecule has 6 heteroatoms. The Balaban J connectivity index is 2.54. The smallest absolute Gasteiger partial charge is 0.419 e. The van der Waals surface area contributed by atoms with Crippen LogP contribution in [0.4, 0.5) is 13.2 Å². The lowest BCUT2D eigenvalue weighted by atomic mass is 10.0. The molecular weight excluding hydrogens is 247 g/mol. The van der Waals surface area contributed by atoms with Crippen LogP contribution in [0.5, 0.6) is 5.75 Å². The lowest BCUT2D eigenvalue weighted by molar-refractivity contribution is -0.138. The van der Waals surface area contributed by atoms with Crippen LogP contribution in [0.1, 0.15) is 5.56 Å². The predicted octanol–water partition coefficient (Wildman–Crippen LogP) is 2.77. The van der Waals surface area contributed by atoms with Gasteiger partial charge in [0.1, 0.15) is 5.75 Å². The average Bonchev–Trinajstić information content (AvgIpc) is 2.29. The van der Waals surface area contributed by atoms with Crippen LogP contribution in [0.25, 0.3) is 11.1 Å². The lowest BCUT2D eigenvalue weighted by Crippen LogP contribution is -2.06. The maximum atomic E-state index is 12.6. The van der Waals surface area contributed by atoms with Gasteiger partial charge in [-0.2, -0.15) is 13.2 Å². The van der Waals surface area contributed by atoms with Crippen LogP contribution in [-0.4, -0.2) is 10.1 Å². The number of aromatic nitrogens is 1. The zero-order valence-electron chi connectivity index (χ0n) is 8.95. The fourth-order valence-electron chi connectivity index (χ4n) is 1.53. The Hall–Kier alpha value is -2.24. The van der Waals surface area contributed by atoms with Gasteiger partial charge >= 0.3 is 6.18 Å². The molecule has 0 saturated carbocycles. The van der Waals surface area contributed by atoms with E-state index >= 15 is 0 Å². The number of hydrogen-bond donors (Lipinski definition) is 2. The van der Waals surface area contributed by atoms with Gasteiger partial charge in [0, 0.05) is 12.3 Å². The summed E-state index contributed by atoms with van der Waals surface area (Å²) in [5, 5.41) is 9.18. The van der Waals surface area contributed by atoms with E-state index in [4.69, 9.17) is 0 Å². The Kier molecular flexibility index (Phi) is 2.86. The van der Waals surface area contributed by atoms with Gasteiger partial charge in [-0.05, 0) is 29.3 Å². The Morgan fingerprint density at radius 1 is 1.06 bits per heavy atom. The first-order valence-corrected chi connectivity index (χ1v) is 4.97. The van der Waals surface area contributed by atoms with E-state index in [1.54, 1.807) is 0 Å². The van der Waals surface area contributed by atoms with Crippen molar-refractivity contribution in [2.75, 3.05) is 0 Å². The number of phenolic OH excluding ortho intramolecular Hbond substituents is 1. The summed E-state index contributed by atoms with van der Waals surface area (Å²) in [5.74, 6) is -0.823. The Labute approximate surface area is 99.5 Å². The quantitative estimate of drug-likeness (QED) is 0.823. The molecule has 0 spiro atoms. The highest BCUT2D eigenvalue weighted by atomic mass is 19.4. The molecule has 2 rings (SSSR count). The van der Waals surface area contributed by atoms with Gasteiger partial charge in [0.25, 0.3) is 0 Å². The van der Waals surface area contributed by atoms with Crippen molar-refractivity contribution in [3.8, 4) is 16.9 Å². The van der Waals surface area contributed by atoms with Crippen LogP contribution in [0, 0.1) is 0 Å². The number of alkyl halides is 3. The second kappa shape index (κ2) is 4.21. The minimum Gasteiger partial charge on any atom is -0.507 e. The molecule has 1 aromatic carbocycles. The third-order valence-corrected chi connectivity index (χ3v) is 2.42. The van der Waals surface area contributed by atoms with Gasteiger partial charge in [-0.1, -0.05) is 6.07 Å². The largest absolute Gasteiger partial charge is 0.507 e. The molecule has 0 amide bonds. The van der Waals surface area contributed by atoms with Crippen molar-refractivity contribution in [3.63, 3.8) is 0 Å². The molecule has 1 heterocycles. The van der Waals surface area contributed by atoms with Gasteiger partial charge in [0.05, 0.1) is 5.56 Å². The molecule has 0 unspecified atom stereocenters. The molecule has 2 aromatic rings. The van der Waals surface area contributed by atoms with Gasteiger partial charge in [0.2, 0.25) is 5.56 Å². The molecule has 0 fully saturated rings. The van der Waals surface area contributed by atoms with Crippen LogP contribution in [0.3, 0.4) is 0 Å². The number of benzene rings is 1. The van der Waals surface area contributed by atoms with E-state index < -0.39 is 17.5 Å². The molecular formula is C12H8F3NO2. The summed E-state index contributed by atoms with van der Waals surface area (Å²) in [6.07, 6.45) is -3.31. The van der Waals surface area contributed by atoms with Crippen LogP contribution in [0.15, 0.2) is 41.3 Å². The van der Waals surface area contributed by atoms with Crippen molar-refractivity contribution in [2.24, 2.45) is 0 Å². The molecule has 0 aliphatic carbocycles. The fourth-order valence-corrected chi connectivity index (χ4v) is 1.53. The van der Waals surface area contributed by atoms with Crippen LogP contribution >= 0.6 is 0 Å². The van der Waals surface area contributed by atoms with Gasteiger partial charge in [0.15, 0.2) is 0 Å². The highest BCUT2D eigenvalue weighted by molar-refractivity contribution is 5.64. The number of rotatable bonds is 1. The normalized spacial score (nSPS) is 11.5. The molecule has 0 radical (unpaired) electrons. The number of phenols is 1. The second-order valence-electron chi connectivity index (χ2n) is 3.67. The highest BCUT2D eigenvalue weighted by Crippen LogP contribution is 2.37. The highest BCUT2D eigenvalue weighted by Gasteiger charge is 2.34. The maximum Gasteiger partial charge on any atom is 0.419 e. The number of nitrogens with one attached hydrogen (secondary N) is 1. The zero-order chi connectivity index (χ0) is 13.3. The molecule has 0 aliphatic heterocycles. The standard InChI is InChI=1S/C12H8F3NO2/c13-12(14,15)9-5-7(1-3-10(9)17)8-2-4-11(18)16-6-8/h1-6,17H,(H,16,18). The van der Waals surface area contributed by atoms with Crippen molar-refractivity contribution in [2.45, 2.75) is 6.18 Å². The number of H-pyrrole nitrogens is 1. The van der Waals surface area contributed by atoms with Gasteiger partial charge < -0.3 is 10.1 Å². The van der Waals surface area contributed by atoms with E-state index in [1.165, 1.54) is 24.4 Å². The van der Waals surface area contributed by atoms with Gasteiger partial charge in [-0.3, -0.25) is 4.79 Å². The van der Waals surface area contributed by atoms with Crippen molar-refractivity contribution in [1.82, 2.24) is 4.98 Å². The molecule has 0 bridgehead atoms. The van der Waals surface area contributed by atoms with E-state index in [0.29, 0.717) is 5.56 Å². The van der Waals surface area contributed by atoms with Gasteiger partial charge in [-0.25, -0.2) is 0 Å². The SMILES string of the molecule is O=c1ccc(-c2ccc(O)c(C(F)(F)F)c2)c[nH]1. The fraction of sp³-hybridized carbons (Fsp3) is 0.0833. The first kappa shape index (κ1) is 12.2. The predicted molar refractivity (Wildman–Crippen MR) is 59.2 cm³/mol. The molecule has 2 N–H and O–H groups in total. The molecule has 0 aliphatic rings. The zero-order valence-corrected chi connectivity index (χ0v) is 8.95. The Morgan fingerprint density at radius 2 is 1.72 bits per heavy atom. The number of aromatic hydroxyl groups is 1. The Morgan fingerprint density at radius 3 is 2.28 bits per heavy atom. The van der Waals surface area contributed by atoms with Crippen molar-refractivity contribution in [3.05, 3.63) is 52.4 Å². The molecule has 1 aromatic heterocycles. The third kappa shape index (κ3) is 2.37. The summed E-state index contributed by atoms with van der Waals surface area (Å²) in [7, 11) is 0. The molecule has 0 saturated heterocycles. The maximum absolute atomic E-state index is 12.6. The lowest BCUT2D eigenvalue weighted by Gasteiger charge is -2.10. The minimum atomic E-state index is -4.62. The first-order valence-electron chi connectivity index (χ1n) is 4.97. The summed E-state index contributed by atoms with van der Waals surface area (Å²) >= 11 is 0. The van der Waals surface area contributed by atoms with E-state index in [1.807, 2.05) is 0 Å². The first-order chi connectivity index (χ1) is 8.38. The van der Waals surface area contributed by atoms with Crippen LogP contribution < -0.4 is 5.56 Å². The van der Waals surface area contributed by atoms with E-state index in [-0.39, 0.29) is 11.1 Å².